The first-order valence-electron chi connectivity index (χ1n) is 6.20. The van der Waals surface area contributed by atoms with Gasteiger partial charge in [0.05, 0.1) is 18.1 Å². The lowest BCUT2D eigenvalue weighted by atomic mass is 9.95. The van der Waals surface area contributed by atoms with Crippen molar-refractivity contribution in [2.24, 2.45) is 0 Å². The summed E-state index contributed by atoms with van der Waals surface area (Å²) in [7, 11) is 0. The highest BCUT2D eigenvalue weighted by Crippen LogP contribution is 2.29. The quantitative estimate of drug-likeness (QED) is 0.817. The van der Waals surface area contributed by atoms with Crippen LogP contribution in [0.25, 0.3) is 11.0 Å². The van der Waals surface area contributed by atoms with E-state index < -0.39 is 0 Å². The third kappa shape index (κ3) is 1.66. The summed E-state index contributed by atoms with van der Waals surface area (Å²) in [6, 6.07) is 0.366. The van der Waals surface area contributed by atoms with Crippen molar-refractivity contribution < 1.29 is 0 Å². The van der Waals surface area contributed by atoms with Crippen LogP contribution in [-0.2, 0) is 0 Å². The molecule has 0 aromatic carbocycles. The molecule has 2 aromatic heterocycles. The maximum atomic E-state index is 11.9. The van der Waals surface area contributed by atoms with Crippen LogP contribution in [0.15, 0.2) is 11.1 Å². The third-order valence-electron chi connectivity index (χ3n) is 3.58. The summed E-state index contributed by atoms with van der Waals surface area (Å²) < 4.78 is 1.90. The Bertz CT molecular complexity index is 592. The first kappa shape index (κ1) is 10.5. The minimum Gasteiger partial charge on any atom is -0.311 e. The van der Waals surface area contributed by atoms with Crippen molar-refractivity contribution >= 4 is 11.0 Å². The van der Waals surface area contributed by atoms with Crippen LogP contribution in [0.3, 0.4) is 0 Å². The van der Waals surface area contributed by atoms with Crippen molar-refractivity contribution in [1.29, 1.82) is 0 Å². The van der Waals surface area contributed by atoms with Crippen molar-refractivity contribution in [3.8, 4) is 0 Å². The van der Waals surface area contributed by atoms with Crippen LogP contribution >= 0.6 is 0 Å². The van der Waals surface area contributed by atoms with E-state index in [-0.39, 0.29) is 5.56 Å². The number of H-pyrrole nitrogens is 1. The van der Waals surface area contributed by atoms with Gasteiger partial charge in [-0.05, 0) is 19.8 Å². The Morgan fingerprint density at radius 1 is 1.35 bits per heavy atom. The van der Waals surface area contributed by atoms with E-state index in [1.165, 1.54) is 25.6 Å². The second kappa shape index (κ2) is 3.98. The highest BCUT2D eigenvalue weighted by atomic mass is 16.1. The van der Waals surface area contributed by atoms with Crippen molar-refractivity contribution in [3.63, 3.8) is 0 Å². The van der Waals surface area contributed by atoms with E-state index in [9.17, 15) is 4.79 Å². The van der Waals surface area contributed by atoms with E-state index in [0.29, 0.717) is 11.6 Å². The molecule has 0 spiro atoms. The van der Waals surface area contributed by atoms with E-state index in [1.807, 2.05) is 11.6 Å². The summed E-state index contributed by atoms with van der Waals surface area (Å²) in [4.78, 5) is 18.8. The Labute approximate surface area is 98.9 Å². The highest BCUT2D eigenvalue weighted by Gasteiger charge is 2.21. The molecule has 0 amide bonds. The average molecular weight is 232 g/mol. The molecule has 1 aliphatic rings. The first-order chi connectivity index (χ1) is 8.27. The van der Waals surface area contributed by atoms with Crippen molar-refractivity contribution in [3.05, 3.63) is 22.4 Å². The molecule has 0 atom stereocenters. The first-order valence-corrected chi connectivity index (χ1v) is 6.20. The molecule has 0 radical (unpaired) electrons. The molecular formula is C12H16N4O. The van der Waals surface area contributed by atoms with E-state index in [0.717, 1.165) is 24.1 Å². The summed E-state index contributed by atoms with van der Waals surface area (Å²) in [5.41, 5.74) is 2.13. The smallest absolute Gasteiger partial charge is 0.276 e. The van der Waals surface area contributed by atoms with Gasteiger partial charge in [0, 0.05) is 0 Å². The fourth-order valence-electron chi connectivity index (χ4n) is 2.72. The molecule has 0 aliphatic heterocycles. The molecule has 3 rings (SSSR count). The number of nitrogens with one attached hydrogen (secondary N) is 1. The Kier molecular flexibility index (Phi) is 2.46. The SMILES string of the molecule is Cc1nn(C2CCCCC2)c2c(=O)[nH]cnc12. The zero-order chi connectivity index (χ0) is 11.8. The van der Waals surface area contributed by atoms with E-state index >= 15 is 0 Å². The predicted octanol–water partition coefficient (Wildman–Crippen LogP) is 1.93. The predicted molar refractivity (Wildman–Crippen MR) is 65.0 cm³/mol. The zero-order valence-corrected chi connectivity index (χ0v) is 9.94. The Morgan fingerprint density at radius 2 is 2.12 bits per heavy atom. The summed E-state index contributed by atoms with van der Waals surface area (Å²) >= 11 is 0. The van der Waals surface area contributed by atoms with Gasteiger partial charge < -0.3 is 4.98 Å². The number of nitrogens with zero attached hydrogens (tertiary/aromatic N) is 3. The van der Waals surface area contributed by atoms with Crippen LogP contribution in [0, 0.1) is 6.92 Å². The molecule has 0 bridgehead atoms. The minimum atomic E-state index is -0.0822. The number of fused-ring (bicyclic) bond motifs is 1. The molecule has 17 heavy (non-hydrogen) atoms. The van der Waals surface area contributed by atoms with E-state index in [4.69, 9.17) is 0 Å². The van der Waals surface area contributed by atoms with Crippen LogP contribution in [-0.4, -0.2) is 19.7 Å². The average Bonchev–Trinajstić information content (AvgIpc) is 2.70. The van der Waals surface area contributed by atoms with Crippen molar-refractivity contribution in [2.75, 3.05) is 0 Å². The number of rotatable bonds is 1. The topological polar surface area (TPSA) is 63.6 Å². The summed E-state index contributed by atoms with van der Waals surface area (Å²) in [6.07, 6.45) is 7.43. The normalized spacial score (nSPS) is 17.7. The molecule has 5 nitrogen and oxygen atoms in total. The largest absolute Gasteiger partial charge is 0.311 e. The van der Waals surface area contributed by atoms with Crippen LogP contribution in [0.4, 0.5) is 0 Å². The molecule has 5 heteroatoms. The number of aromatic amines is 1. The molecule has 90 valence electrons. The monoisotopic (exact) mass is 232 g/mol. The molecule has 0 saturated heterocycles. The summed E-state index contributed by atoms with van der Waals surface area (Å²) in [5, 5.41) is 4.51. The van der Waals surface area contributed by atoms with Gasteiger partial charge in [-0.2, -0.15) is 5.10 Å². The van der Waals surface area contributed by atoms with Gasteiger partial charge in [-0.15, -0.1) is 0 Å². The fourth-order valence-corrected chi connectivity index (χ4v) is 2.72. The molecule has 1 fully saturated rings. The lowest BCUT2D eigenvalue weighted by Crippen LogP contribution is -2.18. The van der Waals surface area contributed by atoms with Gasteiger partial charge in [0.15, 0.2) is 5.52 Å². The van der Waals surface area contributed by atoms with Crippen LogP contribution < -0.4 is 5.56 Å². The maximum absolute atomic E-state index is 11.9. The van der Waals surface area contributed by atoms with Crippen LogP contribution in [0.1, 0.15) is 43.8 Å². The molecule has 2 heterocycles. The van der Waals surface area contributed by atoms with Crippen molar-refractivity contribution in [1.82, 2.24) is 19.7 Å². The van der Waals surface area contributed by atoms with Gasteiger partial charge >= 0.3 is 0 Å². The lowest BCUT2D eigenvalue weighted by molar-refractivity contribution is 0.336. The van der Waals surface area contributed by atoms with E-state index in [1.54, 1.807) is 0 Å². The number of hydrogen-bond acceptors (Lipinski definition) is 3. The van der Waals surface area contributed by atoms with Gasteiger partial charge in [0.2, 0.25) is 0 Å². The molecule has 0 unspecified atom stereocenters. The minimum absolute atomic E-state index is 0.0822. The molecule has 1 N–H and O–H groups in total. The van der Waals surface area contributed by atoms with Crippen LogP contribution in [0.5, 0.6) is 0 Å². The molecule has 2 aromatic rings. The van der Waals surface area contributed by atoms with Gasteiger partial charge in [0.1, 0.15) is 5.52 Å². The van der Waals surface area contributed by atoms with E-state index in [2.05, 4.69) is 15.1 Å². The van der Waals surface area contributed by atoms with Crippen molar-refractivity contribution in [2.45, 2.75) is 45.1 Å². The number of aromatic nitrogens is 4. The fraction of sp³-hybridized carbons (Fsp3) is 0.583. The van der Waals surface area contributed by atoms with Crippen LogP contribution in [0.2, 0.25) is 0 Å². The number of hydrogen-bond donors (Lipinski definition) is 1. The Balaban J connectivity index is 2.19. The molecular weight excluding hydrogens is 216 g/mol. The lowest BCUT2D eigenvalue weighted by Gasteiger charge is -2.22. The Hall–Kier alpha value is -1.65. The summed E-state index contributed by atoms with van der Waals surface area (Å²) in [6.45, 7) is 1.91. The van der Waals surface area contributed by atoms with Gasteiger partial charge in [-0.1, -0.05) is 19.3 Å². The highest BCUT2D eigenvalue weighted by molar-refractivity contribution is 5.76. The summed E-state index contributed by atoms with van der Waals surface area (Å²) in [5.74, 6) is 0. The maximum Gasteiger partial charge on any atom is 0.276 e. The molecule has 1 aliphatic carbocycles. The van der Waals surface area contributed by atoms with Gasteiger partial charge in [0.25, 0.3) is 5.56 Å². The standard InChI is InChI=1S/C12H16N4O/c1-8-10-11(12(17)14-7-13-10)16(15-8)9-5-3-2-4-6-9/h7,9H,2-6H2,1H3,(H,13,14,17). The number of aryl methyl sites for hydroxylation is 1. The van der Waals surface area contributed by atoms with Gasteiger partial charge in [-0.25, -0.2) is 4.98 Å². The second-order valence-corrected chi connectivity index (χ2v) is 4.75. The molecule has 1 saturated carbocycles. The van der Waals surface area contributed by atoms with Gasteiger partial charge in [-0.3, -0.25) is 9.48 Å². The Morgan fingerprint density at radius 3 is 2.88 bits per heavy atom. The zero-order valence-electron chi connectivity index (χ0n) is 9.94. The second-order valence-electron chi connectivity index (χ2n) is 4.75. The third-order valence-corrected chi connectivity index (χ3v) is 3.58.